The molecule has 0 spiro atoms. The molecule has 0 unspecified atom stereocenters. The van der Waals surface area contributed by atoms with Crippen LogP contribution in [0.4, 0.5) is 11.5 Å². The number of azo groups is 1. The Morgan fingerprint density at radius 2 is 1.78 bits per heavy atom. The van der Waals surface area contributed by atoms with Crippen LogP contribution in [0.2, 0.25) is 0 Å². The van der Waals surface area contributed by atoms with Crippen molar-refractivity contribution in [3.63, 3.8) is 0 Å². The van der Waals surface area contributed by atoms with E-state index in [1.807, 2.05) is 26.0 Å². The van der Waals surface area contributed by atoms with Gasteiger partial charge in [0, 0.05) is 17.8 Å². The zero-order valence-corrected chi connectivity index (χ0v) is 15.0. The van der Waals surface area contributed by atoms with Gasteiger partial charge in [-0.15, -0.1) is 10.2 Å². The van der Waals surface area contributed by atoms with E-state index in [1.54, 1.807) is 40.9 Å². The number of aryl methyl sites for hydroxylation is 2. The molecule has 2 aromatic carbocycles. The van der Waals surface area contributed by atoms with E-state index in [0.717, 1.165) is 16.7 Å². The highest BCUT2D eigenvalue weighted by Crippen LogP contribution is 2.36. The number of hydrogen-bond acceptors (Lipinski definition) is 5. The van der Waals surface area contributed by atoms with Crippen molar-refractivity contribution in [3.05, 3.63) is 71.9 Å². The summed E-state index contributed by atoms with van der Waals surface area (Å²) in [5, 5.41) is 28.5. The molecule has 6 nitrogen and oxygen atoms in total. The number of benzene rings is 2. The van der Waals surface area contributed by atoms with Crippen LogP contribution in [-0.2, 0) is 0 Å². The van der Waals surface area contributed by atoms with Gasteiger partial charge in [-0.2, -0.15) is 0 Å². The Kier molecular flexibility index (Phi) is 4.08. The summed E-state index contributed by atoms with van der Waals surface area (Å²) in [6.45, 7) is 4.05. The number of phenols is 1. The van der Waals surface area contributed by atoms with Gasteiger partial charge in [-0.3, -0.25) is 4.40 Å². The first-order valence-electron chi connectivity index (χ1n) is 8.51. The van der Waals surface area contributed by atoms with Gasteiger partial charge >= 0.3 is 0 Å². The molecular formula is C21H18N4O2. The Morgan fingerprint density at radius 3 is 2.56 bits per heavy atom. The highest BCUT2D eigenvalue weighted by Gasteiger charge is 2.17. The van der Waals surface area contributed by atoms with Crippen molar-refractivity contribution in [1.29, 1.82) is 0 Å². The summed E-state index contributed by atoms with van der Waals surface area (Å²) < 4.78 is 1.70. The van der Waals surface area contributed by atoms with Crippen LogP contribution < -0.4 is 0 Å². The van der Waals surface area contributed by atoms with Crippen molar-refractivity contribution in [2.45, 2.75) is 13.8 Å². The van der Waals surface area contributed by atoms with Crippen molar-refractivity contribution in [3.8, 4) is 22.8 Å². The molecule has 0 aliphatic heterocycles. The Hall–Kier alpha value is -3.67. The summed E-state index contributed by atoms with van der Waals surface area (Å²) in [6, 6.07) is 16.0. The highest BCUT2D eigenvalue weighted by atomic mass is 16.3. The Balaban J connectivity index is 1.93. The first kappa shape index (κ1) is 16.8. The minimum Gasteiger partial charge on any atom is -0.508 e. The summed E-state index contributed by atoms with van der Waals surface area (Å²) in [5.41, 5.74) is 4.72. The molecule has 0 radical (unpaired) electrons. The quantitative estimate of drug-likeness (QED) is 0.478. The second-order valence-corrected chi connectivity index (χ2v) is 6.41. The fourth-order valence-corrected chi connectivity index (χ4v) is 3.06. The molecule has 4 aromatic rings. The molecule has 0 amide bonds. The molecule has 4 rings (SSSR count). The highest BCUT2D eigenvalue weighted by molar-refractivity contribution is 5.78. The predicted molar refractivity (Wildman–Crippen MR) is 104 cm³/mol. The van der Waals surface area contributed by atoms with Crippen LogP contribution in [0.3, 0.4) is 0 Å². The Morgan fingerprint density at radius 1 is 0.926 bits per heavy atom. The third kappa shape index (κ3) is 3.13. The maximum atomic E-state index is 10.2. The van der Waals surface area contributed by atoms with Gasteiger partial charge in [-0.25, -0.2) is 4.98 Å². The number of imidazole rings is 1. The topological polar surface area (TPSA) is 82.5 Å². The number of phenolic OH excluding ortho intramolecular Hbond substituents is 1. The van der Waals surface area contributed by atoms with E-state index in [0.29, 0.717) is 22.8 Å². The Labute approximate surface area is 156 Å². The minimum atomic E-state index is 0.0716. The van der Waals surface area contributed by atoms with E-state index in [9.17, 15) is 10.2 Å². The molecular weight excluding hydrogens is 340 g/mol. The zero-order chi connectivity index (χ0) is 19.0. The lowest BCUT2D eigenvalue weighted by molar-refractivity contribution is 0.475. The summed E-state index contributed by atoms with van der Waals surface area (Å²) in [5.74, 6) is 0.704. The standard InChI is InChI=1S/C21H18N4O2/c1-13-8-9-17(14(2)11-13)19-21(24-23-15-5-3-6-16(26)12-15)25-10-4-7-18(27)20(25)22-19/h3-12,26-27H,1-2H3. The number of aromatic nitrogens is 2. The SMILES string of the molecule is Cc1ccc(-c2nc3c(O)cccn3c2N=Nc2cccc(O)c2)c(C)c1. The zero-order valence-electron chi connectivity index (χ0n) is 15.0. The fraction of sp³-hybridized carbons (Fsp3) is 0.0952. The first-order valence-corrected chi connectivity index (χ1v) is 8.51. The maximum absolute atomic E-state index is 10.2. The maximum Gasteiger partial charge on any atom is 0.187 e. The van der Waals surface area contributed by atoms with Crippen LogP contribution in [0.1, 0.15) is 11.1 Å². The summed E-state index contributed by atoms with van der Waals surface area (Å²) in [4.78, 5) is 4.61. The van der Waals surface area contributed by atoms with E-state index in [2.05, 4.69) is 21.3 Å². The summed E-state index contributed by atoms with van der Waals surface area (Å²) >= 11 is 0. The van der Waals surface area contributed by atoms with Gasteiger partial charge in [0.05, 0.1) is 5.69 Å². The molecule has 0 atom stereocenters. The van der Waals surface area contributed by atoms with Gasteiger partial charge in [-0.1, -0.05) is 29.8 Å². The number of pyridine rings is 1. The Bertz CT molecular complexity index is 1180. The van der Waals surface area contributed by atoms with Gasteiger partial charge in [0.25, 0.3) is 0 Å². The fourth-order valence-electron chi connectivity index (χ4n) is 3.06. The largest absolute Gasteiger partial charge is 0.508 e. The average Bonchev–Trinajstić information content (AvgIpc) is 3.00. The molecule has 0 aliphatic carbocycles. The lowest BCUT2D eigenvalue weighted by atomic mass is 10.0. The van der Waals surface area contributed by atoms with Gasteiger partial charge in [0.2, 0.25) is 0 Å². The molecule has 2 aromatic heterocycles. The van der Waals surface area contributed by atoms with Gasteiger partial charge in [0.15, 0.2) is 17.2 Å². The lowest BCUT2D eigenvalue weighted by Crippen LogP contribution is -1.86. The summed E-state index contributed by atoms with van der Waals surface area (Å²) in [6.07, 6.45) is 1.78. The third-order valence-electron chi connectivity index (χ3n) is 4.33. The van der Waals surface area contributed by atoms with Crippen molar-refractivity contribution in [2.75, 3.05) is 0 Å². The normalized spacial score (nSPS) is 11.5. The number of aromatic hydroxyl groups is 2. The number of hydrogen-bond donors (Lipinski definition) is 2. The average molecular weight is 358 g/mol. The third-order valence-corrected chi connectivity index (χ3v) is 4.33. The van der Waals surface area contributed by atoms with Crippen molar-refractivity contribution in [1.82, 2.24) is 9.38 Å². The summed E-state index contributed by atoms with van der Waals surface area (Å²) in [7, 11) is 0. The molecule has 0 fully saturated rings. The molecule has 0 bridgehead atoms. The van der Waals surface area contributed by atoms with Gasteiger partial charge in [-0.05, 0) is 43.7 Å². The van der Waals surface area contributed by atoms with E-state index in [-0.39, 0.29) is 11.5 Å². The van der Waals surface area contributed by atoms with Crippen LogP contribution in [0.25, 0.3) is 16.9 Å². The molecule has 0 saturated heterocycles. The van der Waals surface area contributed by atoms with Gasteiger partial charge in [0.1, 0.15) is 11.4 Å². The van der Waals surface area contributed by atoms with Crippen LogP contribution in [0.15, 0.2) is 71.0 Å². The predicted octanol–water partition coefficient (Wildman–Crippen LogP) is 5.44. The van der Waals surface area contributed by atoms with E-state index < -0.39 is 0 Å². The van der Waals surface area contributed by atoms with Crippen molar-refractivity contribution < 1.29 is 10.2 Å². The van der Waals surface area contributed by atoms with Crippen LogP contribution >= 0.6 is 0 Å². The second kappa shape index (κ2) is 6.57. The van der Waals surface area contributed by atoms with Crippen molar-refractivity contribution >= 4 is 17.2 Å². The molecule has 0 saturated carbocycles. The number of nitrogens with zero attached hydrogens (tertiary/aromatic N) is 4. The molecule has 2 heterocycles. The van der Waals surface area contributed by atoms with Crippen LogP contribution in [-0.4, -0.2) is 19.6 Å². The number of rotatable bonds is 3. The van der Waals surface area contributed by atoms with Crippen LogP contribution in [0, 0.1) is 13.8 Å². The number of fused-ring (bicyclic) bond motifs is 1. The lowest BCUT2D eigenvalue weighted by Gasteiger charge is -2.05. The van der Waals surface area contributed by atoms with Crippen LogP contribution in [0.5, 0.6) is 11.5 Å². The monoisotopic (exact) mass is 358 g/mol. The van der Waals surface area contributed by atoms with Crippen molar-refractivity contribution in [2.24, 2.45) is 10.2 Å². The molecule has 0 aliphatic rings. The van der Waals surface area contributed by atoms with E-state index >= 15 is 0 Å². The second-order valence-electron chi connectivity index (χ2n) is 6.41. The van der Waals surface area contributed by atoms with E-state index in [4.69, 9.17) is 0 Å². The molecule has 27 heavy (non-hydrogen) atoms. The molecule has 2 N–H and O–H groups in total. The minimum absolute atomic E-state index is 0.0716. The molecule has 134 valence electrons. The van der Waals surface area contributed by atoms with E-state index in [1.165, 1.54) is 6.07 Å². The smallest absolute Gasteiger partial charge is 0.187 e. The molecule has 6 heteroatoms. The van der Waals surface area contributed by atoms with Gasteiger partial charge < -0.3 is 10.2 Å². The first-order chi connectivity index (χ1) is 13.0.